The average molecular weight is 416 g/mol. The van der Waals surface area contributed by atoms with E-state index in [0.29, 0.717) is 4.47 Å². The number of hydrogen-bond donors (Lipinski definition) is 1. The van der Waals surface area contributed by atoms with Crippen molar-refractivity contribution in [3.63, 3.8) is 0 Å². The van der Waals surface area contributed by atoms with Gasteiger partial charge in [-0.15, -0.1) is 12.4 Å². The SMILES string of the molecule is CCOC(=O)c1ccc(S(=O)(=O)N(C)C(C)CN)c(Br)c1.Cl. The summed E-state index contributed by atoms with van der Waals surface area (Å²) in [6.07, 6.45) is 0. The number of ether oxygens (including phenoxy) is 1. The van der Waals surface area contributed by atoms with E-state index in [1.54, 1.807) is 13.8 Å². The van der Waals surface area contributed by atoms with E-state index in [4.69, 9.17) is 10.5 Å². The van der Waals surface area contributed by atoms with Crippen LogP contribution < -0.4 is 5.73 Å². The Bertz CT molecular complexity index is 624. The van der Waals surface area contributed by atoms with E-state index >= 15 is 0 Å². The van der Waals surface area contributed by atoms with Gasteiger partial charge in [0.15, 0.2) is 0 Å². The van der Waals surface area contributed by atoms with Crippen molar-refractivity contribution in [2.24, 2.45) is 5.73 Å². The number of likely N-dealkylation sites (N-methyl/N-ethyl adjacent to an activating group) is 1. The smallest absolute Gasteiger partial charge is 0.338 e. The van der Waals surface area contributed by atoms with Gasteiger partial charge >= 0.3 is 5.97 Å². The summed E-state index contributed by atoms with van der Waals surface area (Å²) in [5, 5.41) is 0. The fraction of sp³-hybridized carbons (Fsp3) is 0.462. The van der Waals surface area contributed by atoms with Gasteiger partial charge in [-0.05, 0) is 48.0 Å². The quantitative estimate of drug-likeness (QED) is 0.718. The molecule has 0 amide bonds. The molecule has 0 spiro atoms. The molecule has 0 saturated carbocycles. The van der Waals surface area contributed by atoms with Crippen LogP contribution in [-0.4, -0.2) is 44.9 Å². The number of nitrogens with zero attached hydrogens (tertiary/aromatic N) is 1. The molecule has 0 radical (unpaired) electrons. The van der Waals surface area contributed by atoms with Crippen molar-refractivity contribution in [3.05, 3.63) is 28.2 Å². The number of nitrogens with two attached hydrogens (primary N) is 1. The van der Waals surface area contributed by atoms with Crippen LogP contribution in [0, 0.1) is 0 Å². The van der Waals surface area contributed by atoms with E-state index in [9.17, 15) is 13.2 Å². The summed E-state index contributed by atoms with van der Waals surface area (Å²) in [5.74, 6) is -0.495. The van der Waals surface area contributed by atoms with Gasteiger partial charge in [-0.3, -0.25) is 0 Å². The highest BCUT2D eigenvalue weighted by atomic mass is 79.9. The van der Waals surface area contributed by atoms with E-state index < -0.39 is 16.0 Å². The number of esters is 1. The predicted molar refractivity (Wildman–Crippen MR) is 90.8 cm³/mol. The normalized spacial score (nSPS) is 12.6. The van der Waals surface area contributed by atoms with Crippen LogP contribution in [0.4, 0.5) is 0 Å². The zero-order valence-corrected chi connectivity index (χ0v) is 15.8. The van der Waals surface area contributed by atoms with E-state index in [0.717, 1.165) is 0 Å². The van der Waals surface area contributed by atoms with Crippen LogP contribution in [0.1, 0.15) is 24.2 Å². The summed E-state index contributed by atoms with van der Waals surface area (Å²) in [7, 11) is -2.21. The number of carbonyl (C=O) groups is 1. The Labute approximate surface area is 145 Å². The van der Waals surface area contributed by atoms with Gasteiger partial charge in [-0.25, -0.2) is 13.2 Å². The molecule has 0 aliphatic carbocycles. The van der Waals surface area contributed by atoms with Gasteiger partial charge in [0.2, 0.25) is 10.0 Å². The standard InChI is InChI=1S/C13H19BrN2O4S.ClH/c1-4-20-13(17)10-5-6-12(11(14)7-10)21(18,19)16(3)9(2)8-15;/h5-7,9H,4,8,15H2,1-3H3;1H. The summed E-state index contributed by atoms with van der Waals surface area (Å²) in [5.41, 5.74) is 5.79. The van der Waals surface area contributed by atoms with Crippen LogP contribution in [-0.2, 0) is 14.8 Å². The third-order valence-electron chi connectivity index (χ3n) is 3.06. The Kier molecular flexibility index (Phi) is 8.56. The Morgan fingerprint density at radius 1 is 1.45 bits per heavy atom. The van der Waals surface area contributed by atoms with Crippen molar-refractivity contribution >= 4 is 44.3 Å². The van der Waals surface area contributed by atoms with Crippen LogP contribution >= 0.6 is 28.3 Å². The van der Waals surface area contributed by atoms with Crippen molar-refractivity contribution in [1.29, 1.82) is 0 Å². The minimum Gasteiger partial charge on any atom is -0.462 e. The lowest BCUT2D eigenvalue weighted by Crippen LogP contribution is -2.39. The third kappa shape index (κ3) is 4.66. The Hall–Kier alpha value is -0.670. The van der Waals surface area contributed by atoms with Crippen molar-refractivity contribution in [2.45, 2.75) is 24.8 Å². The molecule has 0 aliphatic rings. The van der Waals surface area contributed by atoms with E-state index in [1.165, 1.54) is 29.6 Å². The van der Waals surface area contributed by atoms with Crippen LogP contribution in [0.25, 0.3) is 0 Å². The summed E-state index contributed by atoms with van der Waals surface area (Å²) < 4.78 is 31.4. The maximum absolute atomic E-state index is 12.5. The molecule has 1 unspecified atom stereocenters. The molecule has 126 valence electrons. The van der Waals surface area contributed by atoms with Gasteiger partial charge in [0.1, 0.15) is 0 Å². The number of hydrogen-bond acceptors (Lipinski definition) is 5. The highest BCUT2D eigenvalue weighted by molar-refractivity contribution is 9.10. The summed E-state index contributed by atoms with van der Waals surface area (Å²) in [6.45, 7) is 3.90. The Morgan fingerprint density at radius 2 is 2.05 bits per heavy atom. The summed E-state index contributed by atoms with van der Waals surface area (Å²) >= 11 is 3.20. The molecule has 1 aromatic carbocycles. The maximum atomic E-state index is 12.5. The van der Waals surface area contributed by atoms with Gasteiger partial charge in [0, 0.05) is 24.1 Å². The van der Waals surface area contributed by atoms with Gasteiger partial charge in [0.25, 0.3) is 0 Å². The second kappa shape index (κ2) is 8.83. The van der Waals surface area contributed by atoms with Crippen molar-refractivity contribution in [3.8, 4) is 0 Å². The van der Waals surface area contributed by atoms with Crippen molar-refractivity contribution < 1.29 is 17.9 Å². The predicted octanol–water partition coefficient (Wildman–Crippen LogP) is 2.02. The lowest BCUT2D eigenvalue weighted by atomic mass is 10.2. The van der Waals surface area contributed by atoms with E-state index in [2.05, 4.69) is 15.9 Å². The molecule has 0 bridgehead atoms. The van der Waals surface area contributed by atoms with E-state index in [-0.39, 0.29) is 42.1 Å². The minimum atomic E-state index is -3.68. The average Bonchev–Trinajstić information content (AvgIpc) is 2.45. The summed E-state index contributed by atoms with van der Waals surface area (Å²) in [4.78, 5) is 11.7. The second-order valence-corrected chi connectivity index (χ2v) is 7.29. The molecule has 0 fully saturated rings. The van der Waals surface area contributed by atoms with Gasteiger partial charge in [0.05, 0.1) is 17.1 Å². The molecule has 0 heterocycles. The van der Waals surface area contributed by atoms with Gasteiger partial charge < -0.3 is 10.5 Å². The monoisotopic (exact) mass is 414 g/mol. The Balaban J connectivity index is 0.00000441. The van der Waals surface area contributed by atoms with Crippen LogP contribution in [0.3, 0.4) is 0 Å². The molecule has 0 saturated heterocycles. The Morgan fingerprint density at radius 3 is 2.50 bits per heavy atom. The first kappa shape index (κ1) is 21.3. The molecule has 9 heteroatoms. The fourth-order valence-electron chi connectivity index (χ4n) is 1.59. The molecule has 2 N–H and O–H groups in total. The molecule has 0 aliphatic heterocycles. The second-order valence-electron chi connectivity index (χ2n) is 4.47. The molecule has 22 heavy (non-hydrogen) atoms. The van der Waals surface area contributed by atoms with Crippen LogP contribution in [0.5, 0.6) is 0 Å². The largest absolute Gasteiger partial charge is 0.462 e. The number of benzene rings is 1. The molecular formula is C13H20BrClN2O4S. The number of carbonyl (C=O) groups excluding carboxylic acids is 1. The number of rotatable bonds is 6. The molecule has 1 atom stereocenters. The molecule has 1 aromatic rings. The van der Waals surface area contributed by atoms with Crippen LogP contribution in [0.2, 0.25) is 0 Å². The highest BCUT2D eigenvalue weighted by Gasteiger charge is 2.27. The zero-order valence-electron chi connectivity index (χ0n) is 12.6. The molecule has 1 rings (SSSR count). The molecule has 0 aromatic heterocycles. The first-order valence-corrected chi connectivity index (χ1v) is 8.63. The molecular weight excluding hydrogens is 396 g/mol. The highest BCUT2D eigenvalue weighted by Crippen LogP contribution is 2.26. The fourth-order valence-corrected chi connectivity index (χ4v) is 4.00. The maximum Gasteiger partial charge on any atom is 0.338 e. The van der Waals surface area contributed by atoms with Gasteiger partial charge in [-0.2, -0.15) is 4.31 Å². The lowest BCUT2D eigenvalue weighted by molar-refractivity contribution is 0.0526. The molecule has 6 nitrogen and oxygen atoms in total. The van der Waals surface area contributed by atoms with Crippen LogP contribution in [0.15, 0.2) is 27.6 Å². The third-order valence-corrected chi connectivity index (χ3v) is 6.01. The summed E-state index contributed by atoms with van der Waals surface area (Å²) in [6, 6.07) is 3.92. The zero-order chi connectivity index (χ0) is 16.2. The first-order valence-electron chi connectivity index (χ1n) is 6.40. The number of halogens is 2. The van der Waals surface area contributed by atoms with Crippen molar-refractivity contribution in [2.75, 3.05) is 20.2 Å². The topological polar surface area (TPSA) is 89.7 Å². The van der Waals surface area contributed by atoms with Gasteiger partial charge in [-0.1, -0.05) is 0 Å². The first-order chi connectivity index (χ1) is 9.75. The van der Waals surface area contributed by atoms with E-state index in [1.807, 2.05) is 0 Å². The number of sulfonamides is 1. The van der Waals surface area contributed by atoms with Crippen molar-refractivity contribution in [1.82, 2.24) is 4.31 Å². The lowest BCUT2D eigenvalue weighted by Gasteiger charge is -2.23. The minimum absolute atomic E-state index is 0.